The Bertz CT molecular complexity index is 704. The van der Waals surface area contributed by atoms with Crippen LogP contribution in [0.4, 0.5) is 0 Å². The first-order chi connectivity index (χ1) is 10.3. The zero-order valence-electron chi connectivity index (χ0n) is 12.7. The van der Waals surface area contributed by atoms with Crippen LogP contribution in [0.25, 0.3) is 11.1 Å². The van der Waals surface area contributed by atoms with Crippen molar-refractivity contribution in [3.05, 3.63) is 42.2 Å². The van der Waals surface area contributed by atoms with Gasteiger partial charge in [0.05, 0.1) is 25.3 Å². The lowest BCUT2D eigenvalue weighted by Gasteiger charge is -2.25. The number of carbonyl (C=O) groups excluding carboxylic acids is 2. The van der Waals surface area contributed by atoms with E-state index in [0.29, 0.717) is 5.56 Å². The third-order valence-corrected chi connectivity index (χ3v) is 3.44. The molecule has 0 aliphatic rings. The highest BCUT2D eigenvalue weighted by atomic mass is 16.5. The highest BCUT2D eigenvalue weighted by molar-refractivity contribution is 6.33. The summed E-state index contributed by atoms with van der Waals surface area (Å²) in [6.45, 7) is 1.50. The van der Waals surface area contributed by atoms with E-state index >= 15 is 0 Å². The number of ether oxygens (including phenoxy) is 1. The fourth-order valence-electron chi connectivity index (χ4n) is 2.36. The van der Waals surface area contributed by atoms with E-state index in [9.17, 15) is 14.7 Å². The van der Waals surface area contributed by atoms with Gasteiger partial charge in [0, 0.05) is 18.8 Å². The average Bonchev–Trinajstić information content (AvgIpc) is 2.92. The molecule has 1 N–H and O–H groups in total. The largest absolute Gasteiger partial charge is 0.463 e. The minimum absolute atomic E-state index is 0.350. The van der Waals surface area contributed by atoms with Gasteiger partial charge in [0.2, 0.25) is 5.78 Å². The zero-order valence-corrected chi connectivity index (χ0v) is 12.7. The lowest BCUT2D eigenvalue weighted by molar-refractivity contribution is -0.153. The molecule has 116 valence electrons. The first kappa shape index (κ1) is 15.9. The normalized spacial score (nSPS) is 13.5. The fourth-order valence-corrected chi connectivity index (χ4v) is 2.36. The van der Waals surface area contributed by atoms with Crippen LogP contribution < -0.4 is 0 Å². The van der Waals surface area contributed by atoms with Gasteiger partial charge in [-0.3, -0.25) is 9.48 Å². The molecular weight excluding hydrogens is 284 g/mol. The van der Waals surface area contributed by atoms with Crippen LogP contribution in [0.2, 0.25) is 0 Å². The Morgan fingerprint density at radius 2 is 2.05 bits per heavy atom. The van der Waals surface area contributed by atoms with Crippen LogP contribution in [0.1, 0.15) is 18.9 Å². The lowest BCUT2D eigenvalue weighted by atomic mass is 9.85. The van der Waals surface area contributed by atoms with Crippen molar-refractivity contribution >= 4 is 11.8 Å². The van der Waals surface area contributed by atoms with E-state index < -0.39 is 17.4 Å². The molecule has 0 fully saturated rings. The lowest BCUT2D eigenvalue weighted by Crippen LogP contribution is -2.30. The Morgan fingerprint density at radius 3 is 2.64 bits per heavy atom. The van der Waals surface area contributed by atoms with Gasteiger partial charge in [0.15, 0.2) is 0 Å². The van der Waals surface area contributed by atoms with Crippen LogP contribution in [0.3, 0.4) is 0 Å². The Hall–Kier alpha value is -2.47. The van der Waals surface area contributed by atoms with Crippen molar-refractivity contribution in [2.45, 2.75) is 18.9 Å². The molecule has 1 unspecified atom stereocenters. The van der Waals surface area contributed by atoms with Crippen LogP contribution >= 0.6 is 0 Å². The molecule has 2 aromatic rings. The van der Waals surface area contributed by atoms with Gasteiger partial charge in [-0.15, -0.1) is 0 Å². The van der Waals surface area contributed by atoms with E-state index in [1.165, 1.54) is 6.92 Å². The quantitative estimate of drug-likeness (QED) is 0.667. The number of nitrogens with zero attached hydrogens (tertiary/aromatic N) is 2. The number of benzene rings is 1. The summed E-state index contributed by atoms with van der Waals surface area (Å²) in [4.78, 5) is 23.0. The minimum Gasteiger partial charge on any atom is -0.463 e. The zero-order chi connectivity index (χ0) is 16.3. The van der Waals surface area contributed by atoms with E-state index in [0.717, 1.165) is 18.2 Å². The second-order valence-electron chi connectivity index (χ2n) is 5.31. The van der Waals surface area contributed by atoms with E-state index in [-0.39, 0.29) is 6.42 Å². The number of rotatable bonds is 5. The smallest absolute Gasteiger partial charge is 0.374 e. The molecule has 2 rings (SSSR count). The fraction of sp³-hybridized carbons (Fsp3) is 0.312. The number of methoxy groups -OCH3 is 1. The van der Waals surface area contributed by atoms with Crippen LogP contribution in [0.5, 0.6) is 0 Å². The number of carbonyl (C=O) groups is 2. The maximum atomic E-state index is 11.8. The summed E-state index contributed by atoms with van der Waals surface area (Å²) in [5, 5.41) is 14.8. The summed E-state index contributed by atoms with van der Waals surface area (Å²) in [6, 6.07) is 7.17. The second-order valence-corrected chi connectivity index (χ2v) is 5.31. The molecule has 6 heteroatoms. The van der Waals surface area contributed by atoms with E-state index in [4.69, 9.17) is 0 Å². The summed E-state index contributed by atoms with van der Waals surface area (Å²) in [7, 11) is 2.93. The average molecular weight is 302 g/mol. The number of ketones is 1. The van der Waals surface area contributed by atoms with Crippen LogP contribution in [-0.4, -0.2) is 33.7 Å². The van der Waals surface area contributed by atoms with Crippen molar-refractivity contribution in [3.63, 3.8) is 0 Å². The summed E-state index contributed by atoms with van der Waals surface area (Å²) < 4.78 is 6.05. The summed E-state index contributed by atoms with van der Waals surface area (Å²) in [5.41, 5.74) is 0.653. The number of Topliss-reactive ketones (excluding diaryl/α,β-unsaturated/α-hetero) is 1. The Morgan fingerprint density at radius 1 is 1.36 bits per heavy atom. The van der Waals surface area contributed by atoms with Gasteiger partial charge < -0.3 is 9.84 Å². The molecule has 0 spiro atoms. The van der Waals surface area contributed by atoms with E-state index in [1.807, 2.05) is 18.3 Å². The third-order valence-electron chi connectivity index (χ3n) is 3.44. The van der Waals surface area contributed by atoms with Gasteiger partial charge in [0.25, 0.3) is 0 Å². The Kier molecular flexibility index (Phi) is 4.42. The molecule has 1 aromatic heterocycles. The number of aryl methyl sites for hydroxylation is 1. The van der Waals surface area contributed by atoms with Gasteiger partial charge in [-0.1, -0.05) is 24.3 Å². The Labute approximate surface area is 128 Å². The SMILES string of the molecule is COC(=O)C(=O)CC(C)(O)c1ccccc1-c1cnn(C)c1. The molecule has 1 heterocycles. The number of aliphatic hydroxyl groups is 1. The molecule has 0 amide bonds. The van der Waals surface area contributed by atoms with Gasteiger partial charge in [-0.2, -0.15) is 5.10 Å². The number of hydrogen-bond acceptors (Lipinski definition) is 5. The van der Waals surface area contributed by atoms with Crippen molar-refractivity contribution in [1.29, 1.82) is 0 Å². The molecule has 0 aliphatic heterocycles. The van der Waals surface area contributed by atoms with Crippen molar-refractivity contribution in [3.8, 4) is 11.1 Å². The number of hydrogen-bond donors (Lipinski definition) is 1. The predicted octanol–water partition coefficient (Wildman–Crippen LogP) is 1.43. The van der Waals surface area contributed by atoms with E-state index in [2.05, 4.69) is 9.84 Å². The topological polar surface area (TPSA) is 81.4 Å². The van der Waals surface area contributed by atoms with Crippen molar-refractivity contribution in [2.75, 3.05) is 7.11 Å². The van der Waals surface area contributed by atoms with Crippen LogP contribution in [0, 0.1) is 0 Å². The number of aromatic nitrogens is 2. The molecular formula is C16H18N2O4. The standard InChI is InChI=1S/C16H18N2O4/c1-16(21,8-14(19)15(20)22-3)13-7-5-4-6-12(13)11-9-17-18(2)10-11/h4-7,9-10,21H,8H2,1-3H3. The molecule has 1 aromatic carbocycles. The highest BCUT2D eigenvalue weighted by Crippen LogP contribution is 2.33. The molecule has 22 heavy (non-hydrogen) atoms. The van der Waals surface area contributed by atoms with Crippen molar-refractivity contribution in [2.24, 2.45) is 7.05 Å². The highest BCUT2D eigenvalue weighted by Gasteiger charge is 2.32. The molecule has 6 nitrogen and oxygen atoms in total. The maximum absolute atomic E-state index is 11.8. The molecule has 0 bridgehead atoms. The number of esters is 1. The Balaban J connectivity index is 2.39. The van der Waals surface area contributed by atoms with Gasteiger partial charge in [0.1, 0.15) is 0 Å². The maximum Gasteiger partial charge on any atom is 0.374 e. The summed E-state index contributed by atoms with van der Waals surface area (Å²) in [5.74, 6) is -1.73. The monoisotopic (exact) mass is 302 g/mol. The van der Waals surface area contributed by atoms with Crippen LogP contribution in [0.15, 0.2) is 36.7 Å². The van der Waals surface area contributed by atoms with Gasteiger partial charge >= 0.3 is 5.97 Å². The van der Waals surface area contributed by atoms with Gasteiger partial charge in [-0.25, -0.2) is 4.79 Å². The predicted molar refractivity (Wildman–Crippen MR) is 79.9 cm³/mol. The summed E-state index contributed by atoms with van der Waals surface area (Å²) in [6.07, 6.45) is 3.14. The molecule has 0 saturated carbocycles. The van der Waals surface area contributed by atoms with E-state index in [1.54, 1.807) is 30.1 Å². The molecule has 0 radical (unpaired) electrons. The molecule has 0 saturated heterocycles. The van der Waals surface area contributed by atoms with Gasteiger partial charge in [-0.05, 0) is 18.1 Å². The third kappa shape index (κ3) is 3.23. The van der Waals surface area contributed by atoms with Crippen molar-refractivity contribution in [1.82, 2.24) is 9.78 Å². The molecule has 0 aliphatic carbocycles. The molecule has 1 atom stereocenters. The first-order valence-electron chi connectivity index (χ1n) is 6.77. The second kappa shape index (κ2) is 6.11. The minimum atomic E-state index is -1.49. The van der Waals surface area contributed by atoms with Crippen LogP contribution in [-0.2, 0) is 27.0 Å². The summed E-state index contributed by atoms with van der Waals surface area (Å²) >= 11 is 0. The first-order valence-corrected chi connectivity index (χ1v) is 6.77. The van der Waals surface area contributed by atoms with Crippen molar-refractivity contribution < 1.29 is 19.4 Å².